The van der Waals surface area contributed by atoms with Crippen LogP contribution in [0, 0.1) is 13.8 Å². The summed E-state index contributed by atoms with van der Waals surface area (Å²) in [4.78, 5) is 26.0. The fraction of sp³-hybridized carbons (Fsp3) is 0.0870. The van der Waals surface area contributed by atoms with Gasteiger partial charge in [-0.15, -0.1) is 11.3 Å². The summed E-state index contributed by atoms with van der Waals surface area (Å²) in [6.07, 6.45) is 3.20. The van der Waals surface area contributed by atoms with Gasteiger partial charge in [-0.05, 0) is 55.3 Å². The summed E-state index contributed by atoms with van der Waals surface area (Å²) in [5, 5.41) is 6.89. The molecular weight excluding hydrogens is 394 g/mol. The minimum Gasteiger partial charge on any atom is -0.285 e. The second kappa shape index (κ2) is 8.75. The molecule has 3 heterocycles. The van der Waals surface area contributed by atoms with E-state index in [1.54, 1.807) is 42.7 Å². The number of Topliss-reactive ketones (excluding diaryl/α,β-unsaturated/α-hetero) is 1. The largest absolute Gasteiger partial charge is 0.285 e. The number of rotatable bonds is 6. The van der Waals surface area contributed by atoms with E-state index in [4.69, 9.17) is 0 Å². The van der Waals surface area contributed by atoms with Crippen LogP contribution in [0.2, 0.25) is 0 Å². The third kappa shape index (κ3) is 4.31. The van der Waals surface area contributed by atoms with E-state index < -0.39 is 0 Å². The Hall–Kier alpha value is -3.71. The van der Waals surface area contributed by atoms with Crippen LogP contribution in [0.3, 0.4) is 0 Å². The number of hydrazone groups is 1. The number of aryl methyl sites for hydroxylation is 2. The van der Waals surface area contributed by atoms with Gasteiger partial charge < -0.3 is 0 Å². The Morgan fingerprint density at radius 1 is 0.933 bits per heavy atom. The molecule has 148 valence electrons. The molecule has 3 aromatic heterocycles. The van der Waals surface area contributed by atoms with Crippen LogP contribution >= 0.6 is 11.3 Å². The summed E-state index contributed by atoms with van der Waals surface area (Å²) >= 11 is 1.42. The third-order valence-corrected chi connectivity index (χ3v) is 5.34. The molecule has 0 amide bonds. The van der Waals surface area contributed by atoms with Crippen molar-refractivity contribution in [1.29, 1.82) is 0 Å². The predicted octanol–water partition coefficient (Wildman–Crippen LogP) is 4.92. The van der Waals surface area contributed by atoms with Gasteiger partial charge in [-0.25, -0.2) is 4.98 Å². The van der Waals surface area contributed by atoms with Crippen LogP contribution in [0.25, 0.3) is 11.3 Å². The van der Waals surface area contributed by atoms with Crippen LogP contribution in [-0.2, 0) is 0 Å². The Labute approximate surface area is 178 Å². The quantitative estimate of drug-likeness (QED) is 0.276. The minimum atomic E-state index is -0.312. The van der Waals surface area contributed by atoms with Crippen LogP contribution in [0.4, 0.5) is 5.13 Å². The Balaban J connectivity index is 1.63. The van der Waals surface area contributed by atoms with Gasteiger partial charge in [-0.3, -0.25) is 20.2 Å². The van der Waals surface area contributed by atoms with Gasteiger partial charge in [0.05, 0.1) is 11.4 Å². The second-order valence-corrected chi connectivity index (χ2v) is 7.53. The zero-order valence-corrected chi connectivity index (χ0v) is 17.4. The summed E-state index contributed by atoms with van der Waals surface area (Å²) in [6, 6.07) is 16.8. The van der Waals surface area contributed by atoms with Crippen molar-refractivity contribution in [3.8, 4) is 11.3 Å². The highest BCUT2D eigenvalue weighted by molar-refractivity contribution is 7.14. The summed E-state index contributed by atoms with van der Waals surface area (Å²) in [5.74, 6) is -0.312. The number of pyridine rings is 2. The standard InChI is InChI=1S/C23H19N5OS/c1-15-9-10-17(13-16(15)2)20-14-30-23(26-20)28-27-21(18-7-3-5-11-24-18)22(29)19-8-4-6-12-25-19/h3-14H,1-2H3,(H,26,28)/b27-21-. The Kier molecular flexibility index (Phi) is 5.72. The summed E-state index contributed by atoms with van der Waals surface area (Å²) in [7, 11) is 0. The highest BCUT2D eigenvalue weighted by atomic mass is 32.1. The van der Waals surface area contributed by atoms with E-state index in [0.717, 1.165) is 11.3 Å². The second-order valence-electron chi connectivity index (χ2n) is 6.67. The van der Waals surface area contributed by atoms with E-state index in [0.29, 0.717) is 16.5 Å². The summed E-state index contributed by atoms with van der Waals surface area (Å²) in [6.45, 7) is 4.16. The van der Waals surface area contributed by atoms with Gasteiger partial charge in [0.15, 0.2) is 5.71 Å². The molecule has 0 unspecified atom stereocenters. The molecule has 0 radical (unpaired) electrons. The van der Waals surface area contributed by atoms with E-state index >= 15 is 0 Å². The molecule has 0 saturated carbocycles. The number of anilines is 1. The Bertz CT molecular complexity index is 1200. The molecule has 0 aliphatic carbocycles. The van der Waals surface area contributed by atoms with Crippen LogP contribution < -0.4 is 5.43 Å². The third-order valence-electron chi connectivity index (χ3n) is 4.59. The van der Waals surface area contributed by atoms with E-state index in [1.807, 2.05) is 17.5 Å². The van der Waals surface area contributed by atoms with Crippen molar-refractivity contribution in [3.63, 3.8) is 0 Å². The maximum absolute atomic E-state index is 13.0. The lowest BCUT2D eigenvalue weighted by atomic mass is 10.1. The van der Waals surface area contributed by atoms with Crippen molar-refractivity contribution in [3.05, 3.63) is 94.9 Å². The first-order valence-electron chi connectivity index (χ1n) is 9.36. The fourth-order valence-corrected chi connectivity index (χ4v) is 3.47. The van der Waals surface area contributed by atoms with Crippen molar-refractivity contribution in [2.75, 3.05) is 5.43 Å². The normalized spacial score (nSPS) is 11.3. The molecule has 4 aromatic rings. The highest BCUT2D eigenvalue weighted by Gasteiger charge is 2.19. The minimum absolute atomic E-state index is 0.178. The van der Waals surface area contributed by atoms with Crippen LogP contribution in [0.5, 0.6) is 0 Å². The molecule has 30 heavy (non-hydrogen) atoms. The van der Waals surface area contributed by atoms with Crippen LogP contribution in [0.15, 0.2) is 77.5 Å². The van der Waals surface area contributed by atoms with Crippen molar-refractivity contribution < 1.29 is 4.79 Å². The van der Waals surface area contributed by atoms with E-state index in [1.165, 1.54) is 22.5 Å². The molecule has 1 aromatic carbocycles. The number of hydrogen-bond acceptors (Lipinski definition) is 7. The number of hydrogen-bond donors (Lipinski definition) is 1. The first-order valence-corrected chi connectivity index (χ1v) is 10.2. The first kappa shape index (κ1) is 19.6. The van der Waals surface area contributed by atoms with Gasteiger partial charge >= 0.3 is 0 Å². The van der Waals surface area contributed by atoms with Crippen molar-refractivity contribution in [2.24, 2.45) is 5.10 Å². The maximum atomic E-state index is 13.0. The number of carbonyl (C=O) groups excluding carboxylic acids is 1. The van der Waals surface area contributed by atoms with Crippen LogP contribution in [-0.4, -0.2) is 26.4 Å². The lowest BCUT2D eigenvalue weighted by Gasteiger charge is -2.05. The smallest absolute Gasteiger partial charge is 0.233 e. The number of nitrogens with one attached hydrogen (secondary N) is 1. The topological polar surface area (TPSA) is 80.1 Å². The van der Waals surface area contributed by atoms with Gasteiger partial charge in [-0.2, -0.15) is 5.10 Å². The zero-order valence-electron chi connectivity index (χ0n) is 16.5. The number of nitrogens with zero attached hydrogens (tertiary/aromatic N) is 4. The Morgan fingerprint density at radius 3 is 2.33 bits per heavy atom. The van der Waals surface area contributed by atoms with Gasteiger partial charge in [0, 0.05) is 23.3 Å². The molecule has 7 heteroatoms. The molecule has 6 nitrogen and oxygen atoms in total. The number of aromatic nitrogens is 3. The molecule has 4 rings (SSSR count). The van der Waals surface area contributed by atoms with Crippen molar-refractivity contribution in [1.82, 2.24) is 15.0 Å². The van der Waals surface area contributed by atoms with Gasteiger partial charge in [0.25, 0.3) is 0 Å². The molecule has 1 N–H and O–H groups in total. The van der Waals surface area contributed by atoms with E-state index in [9.17, 15) is 4.79 Å². The lowest BCUT2D eigenvalue weighted by Crippen LogP contribution is -2.19. The highest BCUT2D eigenvalue weighted by Crippen LogP contribution is 2.26. The maximum Gasteiger partial charge on any atom is 0.233 e. The number of ketones is 1. The van der Waals surface area contributed by atoms with Crippen LogP contribution in [0.1, 0.15) is 27.3 Å². The SMILES string of the molecule is Cc1ccc(-c2csc(N/N=C(\C(=O)c3ccccn3)c3ccccn3)n2)cc1C. The van der Waals surface area contributed by atoms with Gasteiger partial charge in [0.1, 0.15) is 5.69 Å². The monoisotopic (exact) mass is 413 g/mol. The first-order chi connectivity index (χ1) is 14.6. The molecule has 0 spiro atoms. The van der Waals surface area contributed by atoms with Gasteiger partial charge in [0.2, 0.25) is 10.9 Å². The summed E-state index contributed by atoms with van der Waals surface area (Å²) in [5.41, 5.74) is 8.22. The number of carbonyl (C=O) groups is 1. The molecule has 0 aliphatic rings. The van der Waals surface area contributed by atoms with Gasteiger partial charge in [-0.1, -0.05) is 24.3 Å². The predicted molar refractivity (Wildman–Crippen MR) is 120 cm³/mol. The lowest BCUT2D eigenvalue weighted by molar-refractivity contribution is 0.106. The molecule has 0 atom stereocenters. The summed E-state index contributed by atoms with van der Waals surface area (Å²) < 4.78 is 0. The molecule has 0 bridgehead atoms. The molecular formula is C23H19N5OS. The molecule has 0 fully saturated rings. The van der Waals surface area contributed by atoms with Crippen molar-refractivity contribution >= 4 is 28.0 Å². The van der Waals surface area contributed by atoms with E-state index in [-0.39, 0.29) is 11.5 Å². The number of benzene rings is 1. The molecule has 0 aliphatic heterocycles. The Morgan fingerprint density at radius 2 is 1.67 bits per heavy atom. The zero-order chi connectivity index (χ0) is 20.9. The van der Waals surface area contributed by atoms with E-state index in [2.05, 4.69) is 51.5 Å². The average molecular weight is 414 g/mol. The number of thiazole rings is 1. The molecule has 0 saturated heterocycles. The van der Waals surface area contributed by atoms with Crippen molar-refractivity contribution in [2.45, 2.75) is 13.8 Å². The average Bonchev–Trinajstić information content (AvgIpc) is 3.26. The fourth-order valence-electron chi connectivity index (χ4n) is 2.81.